The van der Waals surface area contributed by atoms with E-state index in [1.807, 2.05) is 0 Å². The van der Waals surface area contributed by atoms with Crippen LogP contribution in [0.25, 0.3) is 0 Å². The number of urea groups is 1. The number of alkyl halides is 2. The maximum atomic E-state index is 14.0. The predicted octanol–water partition coefficient (Wildman–Crippen LogP) is 3.32. The minimum atomic E-state index is -2.86. The van der Waals surface area contributed by atoms with Gasteiger partial charge in [0.25, 0.3) is 5.92 Å². The summed E-state index contributed by atoms with van der Waals surface area (Å²) < 4.78 is 54.1. The minimum absolute atomic E-state index is 0.00774. The number of likely N-dealkylation sites (tertiary alicyclic amines) is 2. The average Bonchev–Trinajstić information content (AvgIpc) is 3.03. The number of hydrogen-bond acceptors (Lipinski definition) is 2. The zero-order chi connectivity index (χ0) is 21.2. The van der Waals surface area contributed by atoms with Crippen molar-refractivity contribution < 1.29 is 32.3 Å². The van der Waals surface area contributed by atoms with Gasteiger partial charge in [0.1, 0.15) is 11.6 Å². The molecule has 0 saturated carbocycles. The Hall–Kier alpha value is -2.52. The van der Waals surface area contributed by atoms with Crippen molar-refractivity contribution in [2.45, 2.75) is 37.6 Å². The number of nitrogens with one attached hydrogen (secondary N) is 1. The average molecular weight is 417 g/mol. The Morgan fingerprint density at radius 2 is 1.86 bits per heavy atom. The van der Waals surface area contributed by atoms with E-state index in [0.29, 0.717) is 12.8 Å². The predicted molar refractivity (Wildman–Crippen MR) is 95.8 cm³/mol. The molecule has 10 heteroatoms. The maximum absolute atomic E-state index is 14.0. The summed E-state index contributed by atoms with van der Waals surface area (Å²) >= 11 is 0. The lowest BCUT2D eigenvalue weighted by molar-refractivity contribution is 0.0132. The van der Waals surface area contributed by atoms with Crippen molar-refractivity contribution in [2.75, 3.05) is 26.2 Å². The van der Waals surface area contributed by atoms with Gasteiger partial charge in [0, 0.05) is 32.1 Å². The molecule has 0 aromatic heterocycles. The summed E-state index contributed by atoms with van der Waals surface area (Å²) in [4.78, 5) is 26.2. The highest BCUT2D eigenvalue weighted by atomic mass is 19.3. The number of piperidine rings is 1. The Labute approximate surface area is 165 Å². The molecule has 29 heavy (non-hydrogen) atoms. The van der Waals surface area contributed by atoms with E-state index in [9.17, 15) is 27.2 Å². The number of halogens is 4. The molecule has 0 aliphatic carbocycles. The number of hydrogen-bond donors (Lipinski definition) is 2. The molecule has 2 heterocycles. The molecule has 0 bridgehead atoms. The lowest BCUT2D eigenvalue weighted by Gasteiger charge is -2.37. The summed E-state index contributed by atoms with van der Waals surface area (Å²) in [5.41, 5.74) is 0.0709. The Balaban J connectivity index is 1.62. The first kappa shape index (κ1) is 21.2. The van der Waals surface area contributed by atoms with Gasteiger partial charge in [0.15, 0.2) is 0 Å². The van der Waals surface area contributed by atoms with Crippen molar-refractivity contribution >= 4 is 12.1 Å². The summed E-state index contributed by atoms with van der Waals surface area (Å²) in [7, 11) is 0. The Bertz CT molecular complexity index is 769. The zero-order valence-electron chi connectivity index (χ0n) is 15.7. The van der Waals surface area contributed by atoms with Gasteiger partial charge in [-0.15, -0.1) is 0 Å². The summed E-state index contributed by atoms with van der Waals surface area (Å²) in [6, 6.07) is 1.93. The van der Waals surface area contributed by atoms with Crippen molar-refractivity contribution in [3.05, 3.63) is 35.4 Å². The zero-order valence-corrected chi connectivity index (χ0v) is 15.7. The molecule has 1 aromatic rings. The third kappa shape index (κ3) is 5.30. The summed E-state index contributed by atoms with van der Waals surface area (Å²) in [6.07, 6.45) is -0.786. The highest BCUT2D eigenvalue weighted by molar-refractivity contribution is 5.75. The normalized spacial score (nSPS) is 20.6. The molecule has 3 rings (SSSR count). The number of carbonyl (C=O) groups is 2. The third-order valence-corrected chi connectivity index (χ3v) is 5.58. The van der Waals surface area contributed by atoms with E-state index in [2.05, 4.69) is 5.32 Å². The molecule has 2 saturated heterocycles. The van der Waals surface area contributed by atoms with Crippen molar-refractivity contribution in [3.8, 4) is 0 Å². The highest BCUT2D eigenvalue weighted by Crippen LogP contribution is 2.29. The number of rotatable bonds is 4. The van der Waals surface area contributed by atoms with Crippen LogP contribution in [0.3, 0.4) is 0 Å². The van der Waals surface area contributed by atoms with Crippen LogP contribution in [-0.4, -0.2) is 65.2 Å². The number of carboxylic acid groups (broad SMARTS) is 1. The van der Waals surface area contributed by atoms with E-state index in [-0.39, 0.29) is 44.0 Å². The van der Waals surface area contributed by atoms with E-state index >= 15 is 0 Å². The fraction of sp³-hybridized carbons (Fsp3) is 0.579. The van der Waals surface area contributed by atoms with Gasteiger partial charge in [-0.05, 0) is 48.9 Å². The van der Waals surface area contributed by atoms with Crippen LogP contribution in [0.5, 0.6) is 0 Å². The van der Waals surface area contributed by atoms with Crippen molar-refractivity contribution in [1.29, 1.82) is 0 Å². The lowest BCUT2D eigenvalue weighted by Crippen LogP contribution is -2.50. The molecule has 2 aliphatic rings. The van der Waals surface area contributed by atoms with Gasteiger partial charge in [-0.2, -0.15) is 0 Å². The van der Waals surface area contributed by atoms with Crippen LogP contribution in [0.2, 0.25) is 0 Å². The molecular weight excluding hydrogens is 394 g/mol. The van der Waals surface area contributed by atoms with Gasteiger partial charge in [-0.1, -0.05) is 0 Å². The third-order valence-electron chi connectivity index (χ3n) is 5.58. The Morgan fingerprint density at radius 1 is 1.17 bits per heavy atom. The van der Waals surface area contributed by atoms with Crippen LogP contribution < -0.4 is 5.32 Å². The van der Waals surface area contributed by atoms with E-state index < -0.39 is 42.3 Å². The molecule has 0 radical (unpaired) electrons. The first-order valence-electron chi connectivity index (χ1n) is 9.50. The summed E-state index contributed by atoms with van der Waals surface area (Å²) in [6.45, 7) is -0.00832. The van der Waals surface area contributed by atoms with Gasteiger partial charge in [-0.3, -0.25) is 0 Å². The second-order valence-electron chi connectivity index (χ2n) is 7.63. The second-order valence-corrected chi connectivity index (χ2v) is 7.63. The first-order chi connectivity index (χ1) is 13.6. The van der Waals surface area contributed by atoms with Crippen molar-refractivity contribution in [3.63, 3.8) is 0 Å². The largest absolute Gasteiger partial charge is 0.465 e. The smallest absolute Gasteiger partial charge is 0.404 e. The SMILES string of the molecule is O=C(O)NC(Cc1cc(F)ccc1F)C1CCN(C(=O)N2CCC(F)(F)C2)CC1. The molecular formula is C19H23F4N3O3. The van der Waals surface area contributed by atoms with E-state index in [1.54, 1.807) is 0 Å². The monoisotopic (exact) mass is 417 g/mol. The Morgan fingerprint density at radius 3 is 2.45 bits per heavy atom. The van der Waals surface area contributed by atoms with Gasteiger partial charge in [-0.25, -0.2) is 27.2 Å². The van der Waals surface area contributed by atoms with Crippen LogP contribution >= 0.6 is 0 Å². The molecule has 160 valence electrons. The van der Waals surface area contributed by atoms with E-state index in [4.69, 9.17) is 5.11 Å². The topological polar surface area (TPSA) is 72.9 Å². The fourth-order valence-electron chi connectivity index (χ4n) is 4.02. The number of amides is 3. The molecule has 1 aromatic carbocycles. The van der Waals surface area contributed by atoms with Gasteiger partial charge < -0.3 is 20.2 Å². The fourth-order valence-corrected chi connectivity index (χ4v) is 4.02. The van der Waals surface area contributed by atoms with Crippen molar-refractivity contribution in [2.24, 2.45) is 5.92 Å². The quantitative estimate of drug-likeness (QED) is 0.739. The molecule has 1 atom stereocenters. The van der Waals surface area contributed by atoms with Crippen LogP contribution in [0.1, 0.15) is 24.8 Å². The van der Waals surface area contributed by atoms with Crippen LogP contribution in [0, 0.1) is 17.6 Å². The van der Waals surface area contributed by atoms with E-state index in [0.717, 1.165) is 23.1 Å². The van der Waals surface area contributed by atoms with Gasteiger partial charge in [0.2, 0.25) is 0 Å². The van der Waals surface area contributed by atoms with Gasteiger partial charge >= 0.3 is 12.1 Å². The second kappa shape index (κ2) is 8.46. The molecule has 3 amide bonds. The lowest BCUT2D eigenvalue weighted by atomic mass is 9.86. The van der Waals surface area contributed by atoms with Crippen molar-refractivity contribution in [1.82, 2.24) is 15.1 Å². The first-order valence-corrected chi connectivity index (χ1v) is 9.50. The molecule has 2 aliphatic heterocycles. The van der Waals surface area contributed by atoms with Crippen LogP contribution in [0.15, 0.2) is 18.2 Å². The van der Waals surface area contributed by atoms with Gasteiger partial charge in [0.05, 0.1) is 6.54 Å². The molecule has 2 fully saturated rings. The Kier molecular flexibility index (Phi) is 6.18. The molecule has 6 nitrogen and oxygen atoms in total. The van der Waals surface area contributed by atoms with Crippen LogP contribution in [0.4, 0.5) is 27.2 Å². The molecule has 0 spiro atoms. The maximum Gasteiger partial charge on any atom is 0.404 e. The highest BCUT2D eigenvalue weighted by Gasteiger charge is 2.42. The van der Waals surface area contributed by atoms with Crippen LogP contribution in [-0.2, 0) is 6.42 Å². The standard InChI is InChI=1S/C19H23F4N3O3/c20-14-1-2-15(21)13(9-14)10-16(24-17(27)28)12-3-6-25(7-4-12)18(29)26-8-5-19(22,23)11-26/h1-2,9,12,16,24H,3-8,10-11H2,(H,27,28). The van der Waals surface area contributed by atoms with E-state index in [1.165, 1.54) is 4.90 Å². The number of nitrogens with zero attached hydrogens (tertiary/aromatic N) is 2. The molecule has 1 unspecified atom stereocenters. The summed E-state index contributed by atoms with van der Waals surface area (Å²) in [5, 5.41) is 11.5. The number of benzene rings is 1. The summed E-state index contributed by atoms with van der Waals surface area (Å²) in [5.74, 6) is -4.29. The minimum Gasteiger partial charge on any atom is -0.465 e. The molecule has 2 N–H and O–H groups in total. The number of carbonyl (C=O) groups excluding carboxylic acids is 1.